The maximum atomic E-state index is 13.1. The summed E-state index contributed by atoms with van der Waals surface area (Å²) in [7, 11) is -9.90. The fraction of sp³-hybridized carbons (Fsp3) is 0.946. The summed E-state index contributed by atoms with van der Waals surface area (Å²) in [5.74, 6) is -0.491. The quantitative estimate of drug-likeness (QED) is 0.0222. The first-order valence-corrected chi connectivity index (χ1v) is 41.5. The zero-order valence-electron chi connectivity index (χ0n) is 60.6. The van der Waals surface area contributed by atoms with Gasteiger partial charge in [-0.05, 0) is 37.5 Å². The molecule has 0 rings (SSSR count). The number of unbranched alkanes of at least 4 members (excludes halogenated alkanes) is 42. The summed E-state index contributed by atoms with van der Waals surface area (Å²) < 4.78 is 68.4. The monoisotopic (exact) mass is 1370 g/mol. The van der Waals surface area contributed by atoms with Crippen molar-refractivity contribution in [1.82, 2.24) is 0 Å². The van der Waals surface area contributed by atoms with E-state index in [1.165, 1.54) is 199 Å². The van der Waals surface area contributed by atoms with Crippen LogP contribution in [-0.2, 0) is 65.4 Å². The summed E-state index contributed by atoms with van der Waals surface area (Å²) in [6, 6.07) is 0. The molecule has 0 amide bonds. The van der Waals surface area contributed by atoms with Crippen molar-refractivity contribution in [1.29, 1.82) is 0 Å². The summed E-state index contributed by atoms with van der Waals surface area (Å²) in [4.78, 5) is 72.7. The standard InChI is InChI=1S/C74H144O17P2/c1-7-10-12-14-16-18-25-34-40-46-52-58-73(78)90-69(62-84-71(76)56-50-44-38-30-17-15-13-11-8-2)64-88-92(80,81)86-60-68(75)61-87-93(82,83)89-65-70(63-85-72(77)57-51-45-39-33-28-24-23-26-31-36-42-48-54-66(4)5)91-74(79)59-53-47-41-35-29-22-20-19-21-27-32-37-43-49-55-67(6)9-3/h66-70,75H,7-65H2,1-6H3,(H,80,81)(H,82,83)/t67?,68-,69+,70+/m0/s1. The normalized spacial score (nSPS) is 14.3. The first kappa shape index (κ1) is 91.1. The van der Waals surface area contributed by atoms with E-state index in [9.17, 15) is 43.2 Å². The van der Waals surface area contributed by atoms with Crippen LogP contribution in [0.1, 0.15) is 382 Å². The Balaban J connectivity index is 5.23. The molecule has 6 atom stereocenters. The van der Waals surface area contributed by atoms with Crippen LogP contribution in [0.4, 0.5) is 0 Å². The average Bonchev–Trinajstić information content (AvgIpc) is 2.59. The van der Waals surface area contributed by atoms with E-state index in [-0.39, 0.29) is 25.7 Å². The van der Waals surface area contributed by atoms with Crippen molar-refractivity contribution in [3.05, 3.63) is 0 Å². The highest BCUT2D eigenvalue weighted by Gasteiger charge is 2.30. The number of phosphoric acid groups is 2. The highest BCUT2D eigenvalue weighted by atomic mass is 31.2. The minimum Gasteiger partial charge on any atom is -0.462 e. The minimum absolute atomic E-state index is 0.107. The molecule has 0 aromatic carbocycles. The molecule has 0 aliphatic carbocycles. The van der Waals surface area contributed by atoms with Crippen molar-refractivity contribution in [2.45, 2.75) is 400 Å². The van der Waals surface area contributed by atoms with E-state index in [0.29, 0.717) is 25.7 Å². The van der Waals surface area contributed by atoms with Crippen LogP contribution in [0, 0.1) is 11.8 Å². The van der Waals surface area contributed by atoms with Gasteiger partial charge in [0.2, 0.25) is 0 Å². The molecule has 552 valence electrons. The Morgan fingerprint density at radius 1 is 0.312 bits per heavy atom. The molecule has 0 aliphatic rings. The van der Waals surface area contributed by atoms with Gasteiger partial charge in [0.05, 0.1) is 26.4 Å². The SMILES string of the molecule is CCCCCCCCCCCCCC(=O)O[C@H](COC(=O)CCCCCCCCCCC)COP(=O)(O)OC[C@H](O)COP(=O)(O)OC[C@@H](COC(=O)CCCCCCCCCCCCCCC(C)C)OC(=O)CCCCCCCCCCCCCCCCC(C)CC. The first-order valence-electron chi connectivity index (χ1n) is 38.5. The zero-order chi connectivity index (χ0) is 68.6. The third kappa shape index (κ3) is 67.0. The molecule has 0 bridgehead atoms. The van der Waals surface area contributed by atoms with Gasteiger partial charge in [-0.15, -0.1) is 0 Å². The molecule has 0 aromatic rings. The van der Waals surface area contributed by atoms with E-state index in [1.54, 1.807) is 0 Å². The van der Waals surface area contributed by atoms with Gasteiger partial charge in [-0.25, -0.2) is 9.13 Å². The highest BCUT2D eigenvalue weighted by Crippen LogP contribution is 2.45. The molecule has 0 saturated carbocycles. The van der Waals surface area contributed by atoms with Gasteiger partial charge in [0.25, 0.3) is 0 Å². The first-order chi connectivity index (χ1) is 44.9. The summed E-state index contributed by atoms with van der Waals surface area (Å²) >= 11 is 0. The lowest BCUT2D eigenvalue weighted by atomic mass is 9.99. The summed E-state index contributed by atoms with van der Waals surface area (Å²) in [5.41, 5.74) is 0. The van der Waals surface area contributed by atoms with Gasteiger partial charge in [-0.1, -0.05) is 330 Å². The molecule has 0 radical (unpaired) electrons. The summed E-state index contributed by atoms with van der Waals surface area (Å²) in [5, 5.41) is 10.6. The molecule has 0 saturated heterocycles. The van der Waals surface area contributed by atoms with E-state index >= 15 is 0 Å². The van der Waals surface area contributed by atoms with Crippen LogP contribution < -0.4 is 0 Å². The number of phosphoric ester groups is 2. The zero-order valence-corrected chi connectivity index (χ0v) is 62.3. The Bertz CT molecular complexity index is 1810. The summed E-state index contributed by atoms with van der Waals surface area (Å²) in [6.07, 6.45) is 52.6. The van der Waals surface area contributed by atoms with E-state index in [0.717, 1.165) is 102 Å². The molecule has 0 spiro atoms. The second-order valence-corrected chi connectivity index (χ2v) is 30.3. The smallest absolute Gasteiger partial charge is 0.462 e. The number of hydrogen-bond donors (Lipinski definition) is 3. The van der Waals surface area contributed by atoms with Gasteiger partial charge in [-0.2, -0.15) is 0 Å². The van der Waals surface area contributed by atoms with Crippen molar-refractivity contribution >= 4 is 39.5 Å². The minimum atomic E-state index is -4.96. The Labute approximate surface area is 568 Å². The number of carbonyl (C=O) groups excluding carboxylic acids is 4. The molecule has 93 heavy (non-hydrogen) atoms. The van der Waals surface area contributed by atoms with Gasteiger partial charge in [0.15, 0.2) is 12.2 Å². The average molecular weight is 1370 g/mol. The molecule has 0 fully saturated rings. The van der Waals surface area contributed by atoms with Crippen molar-refractivity contribution in [3.63, 3.8) is 0 Å². The number of carbonyl (C=O) groups is 4. The van der Waals surface area contributed by atoms with E-state index in [2.05, 4.69) is 41.5 Å². The van der Waals surface area contributed by atoms with Crippen molar-refractivity contribution < 1.29 is 80.2 Å². The second kappa shape index (κ2) is 66.0. The van der Waals surface area contributed by atoms with Gasteiger partial charge < -0.3 is 33.8 Å². The van der Waals surface area contributed by atoms with Crippen LogP contribution in [0.5, 0.6) is 0 Å². The molecule has 19 heteroatoms. The Hall–Kier alpha value is -1.94. The van der Waals surface area contributed by atoms with Crippen LogP contribution in [0.3, 0.4) is 0 Å². The highest BCUT2D eigenvalue weighted by molar-refractivity contribution is 7.47. The third-order valence-electron chi connectivity index (χ3n) is 17.6. The molecular formula is C74H144O17P2. The Morgan fingerprint density at radius 3 is 0.817 bits per heavy atom. The van der Waals surface area contributed by atoms with Crippen LogP contribution in [0.15, 0.2) is 0 Å². The largest absolute Gasteiger partial charge is 0.472 e. The Kier molecular flexibility index (Phi) is 64.6. The number of aliphatic hydroxyl groups excluding tert-OH is 1. The van der Waals surface area contributed by atoms with Crippen LogP contribution in [-0.4, -0.2) is 96.7 Å². The molecule has 3 unspecified atom stereocenters. The number of aliphatic hydroxyl groups is 1. The predicted octanol–water partition coefficient (Wildman–Crippen LogP) is 21.6. The number of rotatable bonds is 73. The lowest BCUT2D eigenvalue weighted by Crippen LogP contribution is -2.30. The maximum Gasteiger partial charge on any atom is 0.472 e. The number of esters is 4. The molecule has 0 aliphatic heterocycles. The summed E-state index contributed by atoms with van der Waals surface area (Å²) in [6.45, 7) is 9.63. The van der Waals surface area contributed by atoms with E-state index in [1.807, 2.05) is 0 Å². The maximum absolute atomic E-state index is 13.1. The molecular weight excluding hydrogens is 1220 g/mol. The molecule has 17 nitrogen and oxygen atoms in total. The fourth-order valence-electron chi connectivity index (χ4n) is 11.3. The fourth-order valence-corrected chi connectivity index (χ4v) is 12.8. The third-order valence-corrected chi connectivity index (χ3v) is 19.5. The number of hydrogen-bond acceptors (Lipinski definition) is 15. The lowest BCUT2D eigenvalue weighted by molar-refractivity contribution is -0.161. The van der Waals surface area contributed by atoms with E-state index in [4.69, 9.17) is 37.0 Å². The molecule has 0 heterocycles. The second-order valence-electron chi connectivity index (χ2n) is 27.4. The van der Waals surface area contributed by atoms with Crippen molar-refractivity contribution in [2.24, 2.45) is 11.8 Å². The van der Waals surface area contributed by atoms with Crippen LogP contribution in [0.25, 0.3) is 0 Å². The van der Waals surface area contributed by atoms with Gasteiger partial charge in [0, 0.05) is 25.7 Å². The van der Waals surface area contributed by atoms with Crippen LogP contribution >= 0.6 is 15.6 Å². The number of ether oxygens (including phenoxy) is 4. The van der Waals surface area contributed by atoms with Crippen LogP contribution in [0.2, 0.25) is 0 Å². The molecule has 3 N–H and O–H groups in total. The Morgan fingerprint density at radius 2 is 0.548 bits per heavy atom. The van der Waals surface area contributed by atoms with Crippen molar-refractivity contribution in [3.8, 4) is 0 Å². The predicted molar refractivity (Wildman–Crippen MR) is 377 cm³/mol. The molecule has 0 aromatic heterocycles. The van der Waals surface area contributed by atoms with E-state index < -0.39 is 97.5 Å². The van der Waals surface area contributed by atoms with Crippen molar-refractivity contribution in [2.75, 3.05) is 39.6 Å². The lowest BCUT2D eigenvalue weighted by Gasteiger charge is -2.21. The van der Waals surface area contributed by atoms with Gasteiger partial charge in [-0.3, -0.25) is 37.3 Å². The van der Waals surface area contributed by atoms with Gasteiger partial charge >= 0.3 is 39.5 Å². The van der Waals surface area contributed by atoms with Gasteiger partial charge in [0.1, 0.15) is 19.3 Å². The topological polar surface area (TPSA) is 237 Å².